The summed E-state index contributed by atoms with van der Waals surface area (Å²) in [7, 11) is 0. The van der Waals surface area contributed by atoms with Gasteiger partial charge >= 0.3 is 5.97 Å². The highest BCUT2D eigenvalue weighted by molar-refractivity contribution is 9.10. The van der Waals surface area contributed by atoms with Crippen molar-refractivity contribution in [2.45, 2.75) is 39.0 Å². The molecule has 0 aromatic carbocycles. The van der Waals surface area contributed by atoms with E-state index in [2.05, 4.69) is 20.9 Å². The topological polar surface area (TPSA) is 48.4 Å². The van der Waals surface area contributed by atoms with Crippen molar-refractivity contribution < 1.29 is 14.6 Å². The Bertz CT molecular complexity index is 430. The average Bonchev–Trinajstić information content (AvgIpc) is 2.38. The van der Waals surface area contributed by atoms with Crippen molar-refractivity contribution in [3.05, 3.63) is 22.4 Å². The molecule has 1 saturated carbocycles. The lowest BCUT2D eigenvalue weighted by Crippen LogP contribution is -2.21. The van der Waals surface area contributed by atoms with E-state index >= 15 is 0 Å². The molecule has 98 valence electrons. The van der Waals surface area contributed by atoms with Crippen LogP contribution in [0.4, 0.5) is 0 Å². The van der Waals surface area contributed by atoms with Crippen LogP contribution >= 0.6 is 15.9 Å². The highest BCUT2D eigenvalue weighted by Gasteiger charge is 2.24. The minimum Gasteiger partial charge on any atom is -0.285 e. The number of aryl methyl sites for hydroxylation is 1. The number of carbonyl (C=O) groups excluding carboxylic acids is 1. The molecule has 0 aliphatic heterocycles. The number of hydrogen-bond donors (Lipinski definition) is 0. The Kier molecular flexibility index (Phi) is 4.58. The normalized spacial score (nSPS) is 16.3. The predicted octanol–water partition coefficient (Wildman–Crippen LogP) is 3.57. The van der Waals surface area contributed by atoms with E-state index in [0.29, 0.717) is 11.4 Å². The Balaban J connectivity index is 1.88. The summed E-state index contributed by atoms with van der Waals surface area (Å²) in [6.07, 6.45) is 5.21. The molecule has 0 amide bonds. The highest BCUT2D eigenvalue weighted by Crippen LogP contribution is 2.25. The second-order valence-electron chi connectivity index (χ2n) is 4.54. The number of halogens is 1. The van der Waals surface area contributed by atoms with Crippen LogP contribution in [0.15, 0.2) is 16.7 Å². The number of rotatable bonds is 3. The van der Waals surface area contributed by atoms with Crippen LogP contribution in [-0.4, -0.2) is 11.0 Å². The fraction of sp³-hybridized carbons (Fsp3) is 0.538. The van der Waals surface area contributed by atoms with Gasteiger partial charge in [-0.15, -0.1) is 0 Å². The maximum Gasteiger partial charge on any atom is 0.358 e. The van der Waals surface area contributed by atoms with E-state index in [1.54, 1.807) is 19.1 Å². The van der Waals surface area contributed by atoms with E-state index in [4.69, 9.17) is 9.78 Å². The fourth-order valence-corrected chi connectivity index (χ4v) is 2.50. The van der Waals surface area contributed by atoms with E-state index < -0.39 is 0 Å². The summed E-state index contributed by atoms with van der Waals surface area (Å²) >= 11 is 3.26. The van der Waals surface area contributed by atoms with Crippen LogP contribution in [0.3, 0.4) is 0 Å². The fourth-order valence-electron chi connectivity index (χ4n) is 2.10. The summed E-state index contributed by atoms with van der Waals surface area (Å²) < 4.78 is 0.728. The molecule has 0 spiro atoms. The molecule has 18 heavy (non-hydrogen) atoms. The molecule has 1 fully saturated rings. The van der Waals surface area contributed by atoms with Gasteiger partial charge in [-0.3, -0.25) is 9.78 Å². The van der Waals surface area contributed by atoms with Crippen LogP contribution < -0.4 is 4.89 Å². The van der Waals surface area contributed by atoms with Crippen LogP contribution in [0.2, 0.25) is 0 Å². The van der Waals surface area contributed by atoms with Crippen molar-refractivity contribution >= 4 is 21.9 Å². The van der Waals surface area contributed by atoms with Crippen molar-refractivity contribution in [3.8, 4) is 5.75 Å². The van der Waals surface area contributed by atoms with Gasteiger partial charge in [-0.2, -0.15) is 0 Å². The summed E-state index contributed by atoms with van der Waals surface area (Å²) in [4.78, 5) is 25.9. The second-order valence-corrected chi connectivity index (χ2v) is 5.35. The van der Waals surface area contributed by atoms with Gasteiger partial charge in [0.05, 0.1) is 11.6 Å². The third-order valence-electron chi connectivity index (χ3n) is 3.16. The van der Waals surface area contributed by atoms with Gasteiger partial charge in [0.1, 0.15) is 4.60 Å². The molecule has 2 rings (SSSR count). The molecule has 0 unspecified atom stereocenters. The quantitative estimate of drug-likeness (QED) is 0.486. The largest absolute Gasteiger partial charge is 0.358 e. The Morgan fingerprint density at radius 1 is 1.33 bits per heavy atom. The second kappa shape index (κ2) is 6.18. The van der Waals surface area contributed by atoms with E-state index in [9.17, 15) is 4.79 Å². The SMILES string of the molecule is Cc1nc(Br)ccc1OOC(=O)C1CCCCC1. The maximum absolute atomic E-state index is 11.8. The van der Waals surface area contributed by atoms with Crippen molar-refractivity contribution in [2.75, 3.05) is 0 Å². The first-order valence-corrected chi connectivity index (χ1v) is 6.97. The Morgan fingerprint density at radius 3 is 2.72 bits per heavy atom. The van der Waals surface area contributed by atoms with Crippen LogP contribution in [0.1, 0.15) is 37.8 Å². The number of pyridine rings is 1. The van der Waals surface area contributed by atoms with Crippen LogP contribution in [0.25, 0.3) is 0 Å². The van der Waals surface area contributed by atoms with E-state index in [-0.39, 0.29) is 11.9 Å². The maximum atomic E-state index is 11.8. The number of nitrogens with zero attached hydrogens (tertiary/aromatic N) is 1. The summed E-state index contributed by atoms with van der Waals surface area (Å²) in [5.41, 5.74) is 0.681. The molecule has 0 N–H and O–H groups in total. The molecule has 1 heterocycles. The van der Waals surface area contributed by atoms with Crippen molar-refractivity contribution in [1.82, 2.24) is 4.98 Å². The molecular formula is C13H16BrNO3. The van der Waals surface area contributed by atoms with Crippen LogP contribution in [0.5, 0.6) is 5.75 Å². The molecule has 0 atom stereocenters. The van der Waals surface area contributed by atoms with Gasteiger partial charge in [-0.25, -0.2) is 9.78 Å². The third kappa shape index (κ3) is 3.45. The zero-order valence-corrected chi connectivity index (χ0v) is 11.9. The van der Waals surface area contributed by atoms with Crippen molar-refractivity contribution in [1.29, 1.82) is 0 Å². The lowest BCUT2D eigenvalue weighted by Gasteiger charge is -2.18. The van der Waals surface area contributed by atoms with E-state index in [0.717, 1.165) is 30.3 Å². The van der Waals surface area contributed by atoms with Gasteiger partial charge in [-0.1, -0.05) is 19.3 Å². The Labute approximate surface area is 115 Å². The zero-order valence-electron chi connectivity index (χ0n) is 10.3. The van der Waals surface area contributed by atoms with Gasteiger partial charge in [0, 0.05) is 0 Å². The Hall–Kier alpha value is -1.10. The molecule has 1 aromatic heterocycles. The minimum atomic E-state index is -0.267. The van der Waals surface area contributed by atoms with Gasteiger partial charge in [-0.05, 0) is 47.8 Å². The molecule has 4 nitrogen and oxygen atoms in total. The van der Waals surface area contributed by atoms with Crippen LogP contribution in [-0.2, 0) is 9.68 Å². The monoisotopic (exact) mass is 313 g/mol. The zero-order chi connectivity index (χ0) is 13.0. The number of carbonyl (C=O) groups is 1. The van der Waals surface area contributed by atoms with Gasteiger partial charge < -0.3 is 0 Å². The number of hydrogen-bond acceptors (Lipinski definition) is 4. The first-order chi connectivity index (χ1) is 8.66. The third-order valence-corrected chi connectivity index (χ3v) is 3.60. The molecule has 1 aliphatic carbocycles. The van der Waals surface area contributed by atoms with Crippen LogP contribution in [0, 0.1) is 12.8 Å². The standard InChI is InChI=1S/C13H16BrNO3/c1-9-11(7-8-12(14)15-9)17-18-13(16)10-5-3-2-4-6-10/h7-8,10H,2-6H2,1H3. The molecule has 1 aromatic rings. The summed E-state index contributed by atoms with van der Waals surface area (Å²) in [5.74, 6) is 0.196. The molecule has 0 bridgehead atoms. The smallest absolute Gasteiger partial charge is 0.285 e. The molecule has 5 heteroatoms. The summed E-state index contributed by atoms with van der Waals surface area (Å²) in [6.45, 7) is 1.80. The van der Waals surface area contributed by atoms with Gasteiger partial charge in [0.25, 0.3) is 0 Å². The summed E-state index contributed by atoms with van der Waals surface area (Å²) in [5, 5.41) is 0. The molecule has 1 aliphatic rings. The first-order valence-electron chi connectivity index (χ1n) is 6.18. The lowest BCUT2D eigenvalue weighted by molar-refractivity contribution is -0.220. The number of aromatic nitrogens is 1. The van der Waals surface area contributed by atoms with E-state index in [1.807, 2.05) is 0 Å². The lowest BCUT2D eigenvalue weighted by atomic mass is 9.89. The highest BCUT2D eigenvalue weighted by atomic mass is 79.9. The van der Waals surface area contributed by atoms with Gasteiger partial charge in [0.15, 0.2) is 5.75 Å². The molecule has 0 saturated heterocycles. The minimum absolute atomic E-state index is 0.0116. The average molecular weight is 314 g/mol. The first kappa shape index (κ1) is 13.3. The molecule has 0 radical (unpaired) electrons. The van der Waals surface area contributed by atoms with Crippen molar-refractivity contribution in [3.63, 3.8) is 0 Å². The van der Waals surface area contributed by atoms with Gasteiger partial charge in [0.2, 0.25) is 0 Å². The van der Waals surface area contributed by atoms with E-state index in [1.165, 1.54) is 6.42 Å². The summed E-state index contributed by atoms with van der Waals surface area (Å²) in [6, 6.07) is 3.47. The molecular weight excluding hydrogens is 298 g/mol. The Morgan fingerprint density at radius 2 is 2.06 bits per heavy atom. The predicted molar refractivity (Wildman–Crippen MR) is 70.0 cm³/mol. The van der Waals surface area contributed by atoms with Crippen molar-refractivity contribution in [2.24, 2.45) is 5.92 Å².